The third kappa shape index (κ3) is 5.47. The van der Waals surface area contributed by atoms with Gasteiger partial charge in [-0.3, -0.25) is 19.2 Å². The lowest BCUT2D eigenvalue weighted by molar-refractivity contribution is -0.130. The van der Waals surface area contributed by atoms with Gasteiger partial charge in [-0.1, -0.05) is 23.2 Å². The lowest BCUT2D eigenvalue weighted by Gasteiger charge is -2.22. The second-order valence-corrected chi connectivity index (χ2v) is 7.68. The van der Waals surface area contributed by atoms with E-state index in [1.807, 2.05) is 19.4 Å². The zero-order valence-electron chi connectivity index (χ0n) is 15.7. The predicted octanol–water partition coefficient (Wildman–Crippen LogP) is 2.19. The number of aryl methyl sites for hydroxylation is 1. The number of hydrogen-bond donors (Lipinski definition) is 1. The average molecular weight is 424 g/mol. The van der Waals surface area contributed by atoms with E-state index in [2.05, 4.69) is 15.3 Å². The Kier molecular flexibility index (Phi) is 6.93. The van der Waals surface area contributed by atoms with Crippen molar-refractivity contribution in [1.82, 2.24) is 24.9 Å². The fourth-order valence-electron chi connectivity index (χ4n) is 3.23. The summed E-state index contributed by atoms with van der Waals surface area (Å²) in [5.41, 5.74) is 1.46. The van der Waals surface area contributed by atoms with Crippen LogP contribution < -0.4 is 5.32 Å². The monoisotopic (exact) mass is 423 g/mol. The van der Waals surface area contributed by atoms with Gasteiger partial charge in [0.05, 0.1) is 23.3 Å². The molecule has 150 valence electrons. The molecule has 7 nitrogen and oxygen atoms in total. The second-order valence-electron chi connectivity index (χ2n) is 6.84. The number of aromatic nitrogens is 2. The molecule has 0 atom stereocenters. The molecule has 2 heterocycles. The first-order valence-electron chi connectivity index (χ1n) is 9.13. The number of benzene rings is 1. The first-order chi connectivity index (χ1) is 13.4. The zero-order valence-corrected chi connectivity index (χ0v) is 17.2. The lowest BCUT2D eigenvalue weighted by atomic mass is 10.2. The van der Waals surface area contributed by atoms with Crippen molar-refractivity contribution in [3.05, 3.63) is 51.8 Å². The van der Waals surface area contributed by atoms with Crippen LogP contribution in [-0.2, 0) is 18.4 Å². The summed E-state index contributed by atoms with van der Waals surface area (Å²) in [4.78, 5) is 28.9. The lowest BCUT2D eigenvalue weighted by Crippen LogP contribution is -2.42. The van der Waals surface area contributed by atoms with Crippen LogP contribution in [0.25, 0.3) is 0 Å². The van der Waals surface area contributed by atoms with Gasteiger partial charge in [0, 0.05) is 56.6 Å². The fraction of sp³-hybridized carbons (Fsp3) is 0.421. The first-order valence-corrected chi connectivity index (χ1v) is 9.89. The minimum Gasteiger partial charge on any atom is -0.343 e. The number of nitrogens with one attached hydrogen (secondary N) is 1. The molecular weight excluding hydrogens is 401 g/mol. The van der Waals surface area contributed by atoms with Crippen LogP contribution in [-0.4, -0.2) is 64.1 Å². The van der Waals surface area contributed by atoms with Crippen molar-refractivity contribution in [2.45, 2.75) is 13.0 Å². The Balaban J connectivity index is 1.48. The minimum atomic E-state index is -0.386. The molecule has 2 amide bonds. The maximum atomic E-state index is 12.5. The molecule has 1 N–H and O–H groups in total. The van der Waals surface area contributed by atoms with Gasteiger partial charge in [-0.25, -0.2) is 0 Å². The third-order valence-corrected chi connectivity index (χ3v) is 5.23. The van der Waals surface area contributed by atoms with Gasteiger partial charge in [0.15, 0.2) is 0 Å². The van der Waals surface area contributed by atoms with Crippen LogP contribution in [0, 0.1) is 0 Å². The van der Waals surface area contributed by atoms with Crippen LogP contribution in [0.4, 0.5) is 0 Å². The molecule has 0 unspecified atom stereocenters. The van der Waals surface area contributed by atoms with Crippen LogP contribution in [0.1, 0.15) is 22.3 Å². The van der Waals surface area contributed by atoms with Gasteiger partial charge in [-0.15, -0.1) is 0 Å². The van der Waals surface area contributed by atoms with Gasteiger partial charge < -0.3 is 10.2 Å². The molecule has 0 saturated carbocycles. The molecular formula is C19H23Cl2N5O2. The van der Waals surface area contributed by atoms with Gasteiger partial charge >= 0.3 is 0 Å². The second kappa shape index (κ2) is 9.41. The Morgan fingerprint density at radius 1 is 1.18 bits per heavy atom. The molecule has 9 heteroatoms. The highest BCUT2D eigenvalue weighted by Crippen LogP contribution is 2.20. The Morgan fingerprint density at radius 2 is 2.00 bits per heavy atom. The third-order valence-electron chi connectivity index (χ3n) is 4.68. The molecule has 2 aromatic rings. The number of hydrogen-bond acceptors (Lipinski definition) is 4. The number of carbonyl (C=O) groups is 2. The van der Waals surface area contributed by atoms with Crippen molar-refractivity contribution in [2.24, 2.45) is 7.05 Å². The largest absolute Gasteiger partial charge is 0.343 e. The maximum Gasteiger partial charge on any atom is 0.253 e. The summed E-state index contributed by atoms with van der Waals surface area (Å²) in [6.45, 7) is 3.79. The highest BCUT2D eigenvalue weighted by atomic mass is 35.5. The van der Waals surface area contributed by atoms with Gasteiger partial charge in [0.1, 0.15) is 0 Å². The summed E-state index contributed by atoms with van der Waals surface area (Å²) in [6.07, 6.45) is 4.76. The molecule has 1 aliphatic heterocycles. The normalized spacial score (nSPS) is 15.3. The van der Waals surface area contributed by atoms with E-state index in [-0.39, 0.29) is 23.4 Å². The molecule has 1 fully saturated rings. The molecule has 0 radical (unpaired) electrons. The van der Waals surface area contributed by atoms with Crippen LogP contribution in [0.15, 0.2) is 30.6 Å². The van der Waals surface area contributed by atoms with Crippen molar-refractivity contribution in [3.8, 4) is 0 Å². The van der Waals surface area contributed by atoms with Crippen molar-refractivity contribution in [3.63, 3.8) is 0 Å². The van der Waals surface area contributed by atoms with Crippen LogP contribution >= 0.6 is 23.2 Å². The van der Waals surface area contributed by atoms with Crippen molar-refractivity contribution in [2.75, 3.05) is 32.7 Å². The number of carbonyl (C=O) groups excluding carboxylic acids is 2. The molecule has 28 heavy (non-hydrogen) atoms. The SMILES string of the molecule is Cn1cc(CN2CCCN(C(=O)CNC(=O)c3ccc(Cl)cc3Cl)CC2)cn1. The number of halogens is 2. The highest BCUT2D eigenvalue weighted by molar-refractivity contribution is 6.36. The standard InChI is InChI=1S/C19H23Cl2N5O2/c1-24-12-14(10-23-24)13-25-5-2-6-26(8-7-25)18(27)11-22-19(28)16-4-3-15(20)9-17(16)21/h3-4,9-10,12H,2,5-8,11,13H2,1H3,(H,22,28). The van der Waals surface area contributed by atoms with Gasteiger partial charge in [0.25, 0.3) is 5.91 Å². The Labute approximate surface area is 174 Å². The molecule has 3 rings (SSSR count). The van der Waals surface area contributed by atoms with Crippen molar-refractivity contribution >= 4 is 35.0 Å². The molecule has 0 spiro atoms. The minimum absolute atomic E-state index is 0.0552. The topological polar surface area (TPSA) is 70.5 Å². The number of nitrogens with zero attached hydrogens (tertiary/aromatic N) is 4. The van der Waals surface area contributed by atoms with Crippen LogP contribution in [0.3, 0.4) is 0 Å². The van der Waals surface area contributed by atoms with E-state index in [0.29, 0.717) is 23.7 Å². The van der Waals surface area contributed by atoms with E-state index >= 15 is 0 Å². The van der Waals surface area contributed by atoms with E-state index in [4.69, 9.17) is 23.2 Å². The first kappa shape index (κ1) is 20.6. The smallest absolute Gasteiger partial charge is 0.253 e. The summed E-state index contributed by atoms with van der Waals surface area (Å²) < 4.78 is 1.79. The quantitative estimate of drug-likeness (QED) is 0.799. The summed E-state index contributed by atoms with van der Waals surface area (Å²) in [5, 5.41) is 7.56. The molecule has 0 aliphatic carbocycles. The Bertz CT molecular complexity index is 855. The summed E-state index contributed by atoms with van der Waals surface area (Å²) in [7, 11) is 1.90. The van der Waals surface area contributed by atoms with Crippen molar-refractivity contribution in [1.29, 1.82) is 0 Å². The summed E-state index contributed by atoms with van der Waals surface area (Å²) in [6, 6.07) is 4.65. The molecule has 1 aromatic carbocycles. The Morgan fingerprint density at radius 3 is 2.71 bits per heavy atom. The highest BCUT2D eigenvalue weighted by Gasteiger charge is 2.20. The molecule has 1 aromatic heterocycles. The molecule has 1 saturated heterocycles. The van der Waals surface area contributed by atoms with E-state index in [0.717, 1.165) is 31.6 Å². The van der Waals surface area contributed by atoms with Crippen LogP contribution in [0.2, 0.25) is 10.0 Å². The fourth-order valence-corrected chi connectivity index (χ4v) is 3.72. The summed E-state index contributed by atoms with van der Waals surface area (Å²) in [5.74, 6) is -0.482. The van der Waals surface area contributed by atoms with Gasteiger partial charge in [-0.2, -0.15) is 5.10 Å². The van der Waals surface area contributed by atoms with Gasteiger partial charge in [-0.05, 0) is 24.6 Å². The van der Waals surface area contributed by atoms with Crippen molar-refractivity contribution < 1.29 is 9.59 Å². The van der Waals surface area contributed by atoms with E-state index in [1.165, 1.54) is 6.07 Å². The van der Waals surface area contributed by atoms with Gasteiger partial charge in [0.2, 0.25) is 5.91 Å². The number of rotatable bonds is 5. The predicted molar refractivity (Wildman–Crippen MR) is 108 cm³/mol. The van der Waals surface area contributed by atoms with E-state index in [1.54, 1.807) is 21.7 Å². The molecule has 1 aliphatic rings. The Hall–Kier alpha value is -2.09. The average Bonchev–Trinajstić information content (AvgIpc) is 2.92. The zero-order chi connectivity index (χ0) is 20.1. The van der Waals surface area contributed by atoms with E-state index in [9.17, 15) is 9.59 Å². The van der Waals surface area contributed by atoms with E-state index < -0.39 is 0 Å². The molecule has 0 bridgehead atoms. The maximum absolute atomic E-state index is 12.5. The summed E-state index contributed by atoms with van der Waals surface area (Å²) >= 11 is 11.9. The van der Waals surface area contributed by atoms with Crippen LogP contribution in [0.5, 0.6) is 0 Å². The number of amides is 2.